The van der Waals surface area contributed by atoms with E-state index in [2.05, 4.69) is 0 Å². The molecule has 0 aromatic carbocycles. The summed E-state index contributed by atoms with van der Waals surface area (Å²) in [4.78, 5) is 9.54. The van der Waals surface area contributed by atoms with Crippen LogP contribution in [0.1, 0.15) is 20.3 Å². The van der Waals surface area contributed by atoms with E-state index in [1.54, 1.807) is 20.1 Å². The molecule has 0 bridgehead atoms. The Labute approximate surface area is 43.2 Å². The molecule has 0 rings (SSSR count). The third-order valence-electron chi connectivity index (χ3n) is 0.505. The van der Waals surface area contributed by atoms with Crippen LogP contribution in [0.5, 0.6) is 0 Å². The molecule has 2 nitrogen and oxygen atoms in total. The van der Waals surface area contributed by atoms with Gasteiger partial charge in [-0.1, -0.05) is 0 Å². The first-order chi connectivity index (χ1) is 3.06. The van der Waals surface area contributed by atoms with Gasteiger partial charge in [0.25, 0.3) is 0 Å². The third-order valence-corrected chi connectivity index (χ3v) is 0.505. The summed E-state index contributed by atoms with van der Waals surface area (Å²) in [5, 5.41) is 8.76. The van der Waals surface area contributed by atoms with Crippen LogP contribution in [-0.4, -0.2) is 17.0 Å². The second-order valence-corrected chi connectivity index (χ2v) is 2.13. The maximum atomic E-state index is 9.54. The van der Waals surface area contributed by atoms with Crippen molar-refractivity contribution in [3.63, 3.8) is 0 Å². The molecule has 1 radical (unpaired) electrons. The van der Waals surface area contributed by atoms with E-state index in [4.69, 9.17) is 5.11 Å². The van der Waals surface area contributed by atoms with Gasteiger partial charge in [0, 0.05) is 6.42 Å². The molecule has 0 fully saturated rings. The quantitative estimate of drug-likeness (QED) is 0.541. The minimum atomic E-state index is -0.873. The van der Waals surface area contributed by atoms with E-state index in [0.717, 1.165) is 0 Å². The lowest BCUT2D eigenvalue weighted by atomic mass is 10.1. The molecule has 0 saturated heterocycles. The molecule has 41 valence electrons. The molecule has 7 heavy (non-hydrogen) atoms. The zero-order valence-corrected chi connectivity index (χ0v) is 4.56. The smallest absolute Gasteiger partial charge is 0.201 e. The summed E-state index contributed by atoms with van der Waals surface area (Å²) >= 11 is 0. The van der Waals surface area contributed by atoms with Crippen LogP contribution in [0.15, 0.2) is 0 Å². The zero-order valence-electron chi connectivity index (χ0n) is 4.56. The zero-order chi connectivity index (χ0) is 5.91. The average Bonchev–Trinajstić information content (AvgIpc) is 1.30. The van der Waals surface area contributed by atoms with E-state index in [-0.39, 0.29) is 6.42 Å². The predicted molar refractivity (Wildman–Crippen MR) is 26.6 cm³/mol. The van der Waals surface area contributed by atoms with Crippen molar-refractivity contribution >= 4 is 6.29 Å². The first kappa shape index (κ1) is 6.63. The molecule has 2 heteroatoms. The summed E-state index contributed by atoms with van der Waals surface area (Å²) in [7, 11) is 0. The van der Waals surface area contributed by atoms with Crippen molar-refractivity contribution in [1.29, 1.82) is 0 Å². The molecule has 0 spiro atoms. The minimum absolute atomic E-state index is 0.0903. The van der Waals surface area contributed by atoms with Gasteiger partial charge in [-0.05, 0) is 13.8 Å². The molecule has 0 aliphatic rings. The fourth-order valence-electron chi connectivity index (χ4n) is 0.177. The van der Waals surface area contributed by atoms with E-state index in [9.17, 15) is 4.79 Å². The summed E-state index contributed by atoms with van der Waals surface area (Å²) in [5.74, 6) is 0. The highest BCUT2D eigenvalue weighted by Gasteiger charge is 2.10. The number of carbonyl (C=O) groups excluding carboxylic acids is 1. The van der Waals surface area contributed by atoms with Gasteiger partial charge in [-0.3, -0.25) is 4.79 Å². The largest absolute Gasteiger partial charge is 0.390 e. The Morgan fingerprint density at radius 3 is 2.14 bits per heavy atom. The van der Waals surface area contributed by atoms with Crippen molar-refractivity contribution in [3.05, 3.63) is 0 Å². The highest BCUT2D eigenvalue weighted by molar-refractivity contribution is 5.51. The predicted octanol–water partition coefficient (Wildman–Crippen LogP) is 0.257. The van der Waals surface area contributed by atoms with Crippen LogP contribution in [-0.2, 0) is 4.79 Å². The summed E-state index contributed by atoms with van der Waals surface area (Å²) in [6.07, 6.45) is 1.70. The number of rotatable bonds is 2. The lowest BCUT2D eigenvalue weighted by Crippen LogP contribution is -2.18. The van der Waals surface area contributed by atoms with Gasteiger partial charge in [0.15, 0.2) is 0 Å². The summed E-state index contributed by atoms with van der Waals surface area (Å²) in [5.41, 5.74) is -0.873. The molecule has 1 N–H and O–H groups in total. The van der Waals surface area contributed by atoms with Gasteiger partial charge in [0.2, 0.25) is 6.29 Å². The second kappa shape index (κ2) is 2.07. The van der Waals surface area contributed by atoms with Crippen molar-refractivity contribution in [2.75, 3.05) is 0 Å². The van der Waals surface area contributed by atoms with Crippen LogP contribution in [0.4, 0.5) is 0 Å². The van der Waals surface area contributed by atoms with E-state index in [1.165, 1.54) is 0 Å². The number of hydrogen-bond acceptors (Lipinski definition) is 2. The summed E-state index contributed by atoms with van der Waals surface area (Å²) < 4.78 is 0. The van der Waals surface area contributed by atoms with Gasteiger partial charge in [-0.25, -0.2) is 0 Å². The molecule has 0 aliphatic heterocycles. The standard InChI is InChI=1S/C5H9O2/c1-5(2,7)3-4-6/h7H,3H2,1-2H3. The Hall–Kier alpha value is -0.370. The van der Waals surface area contributed by atoms with Gasteiger partial charge in [0.1, 0.15) is 0 Å². The van der Waals surface area contributed by atoms with Gasteiger partial charge >= 0.3 is 0 Å². The maximum Gasteiger partial charge on any atom is 0.201 e. The van der Waals surface area contributed by atoms with Crippen LogP contribution < -0.4 is 0 Å². The van der Waals surface area contributed by atoms with Gasteiger partial charge in [-0.15, -0.1) is 0 Å². The van der Waals surface area contributed by atoms with E-state index in [0.29, 0.717) is 0 Å². The monoisotopic (exact) mass is 101 g/mol. The highest BCUT2D eigenvalue weighted by atomic mass is 16.3. The molecule has 0 saturated carbocycles. The molecule has 0 aromatic rings. The molecule has 0 aromatic heterocycles. The average molecular weight is 101 g/mol. The van der Waals surface area contributed by atoms with Gasteiger partial charge < -0.3 is 5.11 Å². The van der Waals surface area contributed by atoms with Crippen molar-refractivity contribution in [1.82, 2.24) is 0 Å². The number of aliphatic hydroxyl groups is 1. The fourth-order valence-corrected chi connectivity index (χ4v) is 0.177. The maximum absolute atomic E-state index is 9.54. The van der Waals surface area contributed by atoms with Crippen molar-refractivity contribution in [2.45, 2.75) is 25.9 Å². The molecule has 0 heterocycles. The van der Waals surface area contributed by atoms with Crippen LogP contribution in [0, 0.1) is 0 Å². The Bertz CT molecular complexity index is 61.0. The summed E-state index contributed by atoms with van der Waals surface area (Å²) in [6.45, 7) is 3.13. The Morgan fingerprint density at radius 1 is 1.71 bits per heavy atom. The first-order valence-corrected chi connectivity index (χ1v) is 2.13. The second-order valence-electron chi connectivity index (χ2n) is 2.13. The molecule has 0 unspecified atom stereocenters. The minimum Gasteiger partial charge on any atom is -0.390 e. The van der Waals surface area contributed by atoms with Crippen LogP contribution >= 0.6 is 0 Å². The Kier molecular flexibility index (Phi) is 1.96. The van der Waals surface area contributed by atoms with Crippen molar-refractivity contribution in [2.24, 2.45) is 0 Å². The van der Waals surface area contributed by atoms with Crippen molar-refractivity contribution in [3.8, 4) is 0 Å². The van der Waals surface area contributed by atoms with Crippen molar-refractivity contribution < 1.29 is 9.90 Å². The fraction of sp³-hybridized carbons (Fsp3) is 0.800. The Morgan fingerprint density at radius 2 is 2.14 bits per heavy atom. The Balaban J connectivity index is 3.34. The summed E-state index contributed by atoms with van der Waals surface area (Å²) in [6, 6.07) is 0. The molecule has 0 atom stereocenters. The molecular formula is C5H9O2. The highest BCUT2D eigenvalue weighted by Crippen LogP contribution is 2.02. The number of hydrogen-bond donors (Lipinski definition) is 1. The topological polar surface area (TPSA) is 37.3 Å². The van der Waals surface area contributed by atoms with Crippen LogP contribution in [0.3, 0.4) is 0 Å². The van der Waals surface area contributed by atoms with Crippen LogP contribution in [0.25, 0.3) is 0 Å². The van der Waals surface area contributed by atoms with Gasteiger partial charge in [-0.2, -0.15) is 0 Å². The molecular weight excluding hydrogens is 92.1 g/mol. The lowest BCUT2D eigenvalue weighted by Gasteiger charge is -2.10. The van der Waals surface area contributed by atoms with E-state index < -0.39 is 5.60 Å². The van der Waals surface area contributed by atoms with E-state index >= 15 is 0 Å². The lowest BCUT2D eigenvalue weighted by molar-refractivity contribution is 0.0879. The SMILES string of the molecule is CC(C)(O)C[C]=O. The first-order valence-electron chi connectivity index (χ1n) is 2.13. The van der Waals surface area contributed by atoms with Gasteiger partial charge in [0.05, 0.1) is 5.60 Å². The van der Waals surface area contributed by atoms with E-state index in [1.807, 2.05) is 0 Å². The van der Waals surface area contributed by atoms with Crippen LogP contribution in [0.2, 0.25) is 0 Å². The molecule has 0 aliphatic carbocycles. The molecule has 0 amide bonds. The normalized spacial score (nSPS) is 11.3. The third kappa shape index (κ3) is 5.63.